The standard InChI is InChI=1S/C58H91NO15.C56H87NO15/c1-36-15-11-10-12-16-37(2)49(72-35-43-22-26-70-27-23-43)33-45-20-18-42(7)58(67,74-45)55(64)56(65)59-24-14-13-17-46(59)57(66)73-50(39(4)31-44-19-21-48(71-28-25-60)51(32-44)68-8)34-47(61)38(3)30-41(6)53(63)54(69-9)52(62)40(5)29-36;1-34-15-11-10-12-16-35(2)47(70-33-42-31-68-32-42)29-43-20-18-40(7)56(65,72-43)53(62)54(63)57-22-14-13-17-44(57)55(64)71-48(37(4)27-41-19-21-46(69-24-23-58)49(28-41)66-8)30-45(59)36(3)26-39(6)51(61)52(67-9)50(60)38(5)25-34/h10-12,15-16,30,36,38-40,42-46,48-51,53-54,60,63,67H,13-14,17-29,31-35H2,1-9H3;10-12,15-16,26,34,36-38,40-44,46-49,51-52,58,61,65H,13-14,17-25,27-33H2,1-9H3/b12-10+,15-11+,37-16+,41-30+;12-10+,15-11+,35-16+,39-26+/t36-,38-,39-,40-,42-,44+,45+,46?,48-,49?,50+,51-,53-,54+,58-;34-,36-,37-,38-,40-,41+,43+,44?,46-,47?,48+,49-,51-,52+,56-/m11/s1. The van der Waals surface area contributed by atoms with Gasteiger partial charge in [-0.05, 0) is 233 Å². The van der Waals surface area contributed by atoms with Crippen LogP contribution >= 0.6 is 0 Å². The molecule has 146 heavy (non-hydrogen) atoms. The number of amides is 2. The minimum absolute atomic E-state index is 0.00546. The molecular formula is C114H178N2O30. The predicted molar refractivity (Wildman–Crippen MR) is 548 cm³/mol. The largest absolute Gasteiger partial charge is 0.460 e. The van der Waals surface area contributed by atoms with Crippen LogP contribution in [0.2, 0.25) is 0 Å². The first-order valence-corrected chi connectivity index (χ1v) is 54.4. The summed E-state index contributed by atoms with van der Waals surface area (Å²) in [4.78, 5) is 146. The van der Waals surface area contributed by atoms with Crippen LogP contribution < -0.4 is 0 Å². The number of hydrogen-bond acceptors (Lipinski definition) is 30. The van der Waals surface area contributed by atoms with E-state index in [9.17, 15) is 78.6 Å². The summed E-state index contributed by atoms with van der Waals surface area (Å²) >= 11 is 0. The zero-order chi connectivity index (χ0) is 107. The van der Waals surface area contributed by atoms with Gasteiger partial charge in [-0.1, -0.05) is 142 Å². The summed E-state index contributed by atoms with van der Waals surface area (Å²) < 4.78 is 84.0. The molecule has 0 aromatic carbocycles. The number of esters is 2. The maximum absolute atomic E-state index is 14.6. The number of rotatable bonds is 22. The van der Waals surface area contributed by atoms with Gasteiger partial charge in [0.15, 0.2) is 11.6 Å². The van der Waals surface area contributed by atoms with Crippen LogP contribution in [0.15, 0.2) is 95.2 Å². The monoisotopic (exact) mass is 2060 g/mol. The molecule has 32 heteroatoms. The van der Waals surface area contributed by atoms with E-state index < -0.39 is 156 Å². The number of Topliss-reactive ketones (excluding diaryl/α,β-unsaturated/α-hetero) is 6. The average Bonchev–Trinajstić information content (AvgIpc) is 0.772. The van der Waals surface area contributed by atoms with Crippen LogP contribution in [-0.4, -0.2) is 316 Å². The highest BCUT2D eigenvalue weighted by atomic mass is 16.7. The van der Waals surface area contributed by atoms with Gasteiger partial charge in [0.2, 0.25) is 11.6 Å². The van der Waals surface area contributed by atoms with Crippen molar-refractivity contribution in [3.05, 3.63) is 95.2 Å². The Morgan fingerprint density at radius 3 is 1.19 bits per heavy atom. The van der Waals surface area contributed by atoms with E-state index in [0.717, 1.165) is 36.8 Å². The highest BCUT2D eigenvalue weighted by molar-refractivity contribution is 6.39. The summed E-state index contributed by atoms with van der Waals surface area (Å²) in [7, 11) is 6.03. The first-order chi connectivity index (χ1) is 69.6. The number of hydrogen-bond donors (Lipinski definition) is 6. The molecule has 30 atom stereocenters. The molecule has 0 radical (unpaired) electrons. The first-order valence-electron chi connectivity index (χ1n) is 54.4. The molecular weight excluding hydrogens is 1880 g/mol. The lowest BCUT2D eigenvalue weighted by Gasteiger charge is -2.43. The third kappa shape index (κ3) is 35.1. The van der Waals surface area contributed by atoms with Crippen molar-refractivity contribution in [2.45, 2.75) is 373 Å². The Hall–Kier alpha value is -6.90. The van der Waals surface area contributed by atoms with Crippen molar-refractivity contribution in [2.75, 3.05) is 108 Å². The predicted octanol–water partition coefficient (Wildman–Crippen LogP) is 13.2. The topological polar surface area (TPSA) is 428 Å². The number of ketones is 6. The molecule has 2 amide bonds. The summed E-state index contributed by atoms with van der Waals surface area (Å²) in [6.07, 6.45) is 25.8. The van der Waals surface area contributed by atoms with E-state index in [2.05, 4.69) is 0 Å². The molecule has 2 saturated carbocycles. The van der Waals surface area contributed by atoms with E-state index in [1.807, 2.05) is 116 Å². The van der Waals surface area contributed by atoms with Crippen LogP contribution in [0.25, 0.3) is 0 Å². The third-order valence-electron chi connectivity index (χ3n) is 32.3. The summed E-state index contributed by atoms with van der Waals surface area (Å²) in [6, 6.07) is -2.31. The molecule has 4 bridgehead atoms. The molecule has 8 aliphatic heterocycles. The molecule has 8 heterocycles. The van der Waals surface area contributed by atoms with Gasteiger partial charge < -0.3 is 107 Å². The lowest BCUT2D eigenvalue weighted by atomic mass is 9.78. The van der Waals surface area contributed by atoms with Gasteiger partial charge in [-0.25, -0.2) is 9.59 Å². The van der Waals surface area contributed by atoms with Crippen LogP contribution in [0.1, 0.15) is 264 Å². The number of carbonyl (C=O) groups excluding carboxylic acids is 10. The quantitative estimate of drug-likeness (QED) is 0.0333. The number of carbonyl (C=O) groups is 10. The molecule has 32 nitrogen and oxygen atoms in total. The summed E-state index contributed by atoms with van der Waals surface area (Å²) in [5, 5.41) is 66.2. The van der Waals surface area contributed by atoms with Crippen molar-refractivity contribution in [2.24, 2.45) is 82.9 Å². The number of nitrogens with zero attached hydrogens (tertiary/aromatic N) is 2. The van der Waals surface area contributed by atoms with Crippen LogP contribution in [0.4, 0.5) is 0 Å². The van der Waals surface area contributed by atoms with Gasteiger partial charge in [-0.2, -0.15) is 0 Å². The van der Waals surface area contributed by atoms with E-state index in [0.29, 0.717) is 172 Å². The second-order valence-corrected chi connectivity index (χ2v) is 44.0. The van der Waals surface area contributed by atoms with E-state index in [1.54, 1.807) is 67.9 Å². The van der Waals surface area contributed by atoms with E-state index >= 15 is 0 Å². The van der Waals surface area contributed by atoms with Crippen molar-refractivity contribution in [3.8, 4) is 0 Å². The van der Waals surface area contributed by atoms with Crippen LogP contribution in [0.5, 0.6) is 0 Å². The fraction of sp³-hybridized carbons (Fsp3) is 0.772. The van der Waals surface area contributed by atoms with E-state index in [-0.39, 0.29) is 154 Å². The second kappa shape index (κ2) is 60.5. The summed E-state index contributed by atoms with van der Waals surface area (Å²) in [6.45, 7) is 29.4. The van der Waals surface area contributed by atoms with Gasteiger partial charge in [0, 0.05) is 122 Å². The molecule has 2 aliphatic carbocycles. The molecule has 6 N–H and O–H groups in total. The van der Waals surface area contributed by atoms with Gasteiger partial charge in [-0.3, -0.25) is 38.4 Å². The number of cyclic esters (lactones) is 2. The van der Waals surface area contributed by atoms with Crippen molar-refractivity contribution < 1.29 is 145 Å². The number of piperidine rings is 2. The average molecular weight is 2060 g/mol. The van der Waals surface area contributed by atoms with E-state index in [4.69, 9.17) is 66.3 Å². The summed E-state index contributed by atoms with van der Waals surface area (Å²) in [5.41, 5.74) is 2.58. The zero-order valence-electron chi connectivity index (χ0n) is 90.5. The third-order valence-corrected chi connectivity index (χ3v) is 32.3. The van der Waals surface area contributed by atoms with Gasteiger partial charge in [-0.15, -0.1) is 0 Å². The lowest BCUT2D eigenvalue weighted by Crippen LogP contribution is -2.61. The number of aliphatic hydroxyl groups excluding tert-OH is 4. The smallest absolute Gasteiger partial charge is 0.329 e. The Balaban J connectivity index is 0.000000325. The highest BCUT2D eigenvalue weighted by Crippen LogP contribution is 2.43. The minimum atomic E-state index is -2.45. The Morgan fingerprint density at radius 1 is 0.425 bits per heavy atom. The maximum Gasteiger partial charge on any atom is 0.329 e. The van der Waals surface area contributed by atoms with Gasteiger partial charge in [0.1, 0.15) is 60.3 Å². The minimum Gasteiger partial charge on any atom is -0.460 e. The molecule has 0 aromatic heterocycles. The molecule has 6 saturated heterocycles. The first kappa shape index (κ1) is 123. The van der Waals surface area contributed by atoms with Gasteiger partial charge >= 0.3 is 11.9 Å². The fourth-order valence-electron chi connectivity index (χ4n) is 22.6. The Bertz CT molecular complexity index is 4430. The molecule has 10 aliphatic rings. The SMILES string of the molecule is CO[C@@H]1C[C@H](C[C@@H](C)[C@@H]2CC(=O)[C@H](C)/C=C(\C)[C@@H](O)[C@@H](OC)C(=O)[C@H](C)C[C@H](C)/C=C/C=C/C=C(\C)C(OCC3CCOCC3)C[C@@H]3CC[C@@H](C)[C@@](O)(O3)C(=O)C(=O)N3CCCCC3C(=O)O2)CC[C@H]1OCCO.CO[C@@H]1C[C@H](C[C@@H](C)[C@@H]2CC(=O)[C@H](C)/C=C(\C)[C@@H](O)[C@@H](OC)C(=O)[C@H](C)C[C@H](C)/C=C/C=C/C=C(\C)C(OCC3COC3)C[C@@H]3CC[C@@H](C)[C@@](O)(O3)C(=O)C(=O)N3CCCCC3C(=O)O2)CC[C@H]1OCCO. The van der Waals surface area contributed by atoms with Gasteiger partial charge in [0.25, 0.3) is 23.4 Å². The Morgan fingerprint density at radius 2 is 0.822 bits per heavy atom. The fourth-order valence-corrected chi connectivity index (χ4v) is 22.6. The van der Waals surface area contributed by atoms with Gasteiger partial charge in [0.05, 0.1) is 102 Å². The van der Waals surface area contributed by atoms with Crippen molar-refractivity contribution >= 4 is 58.5 Å². The van der Waals surface area contributed by atoms with Crippen molar-refractivity contribution in [1.29, 1.82) is 0 Å². The maximum atomic E-state index is 14.6. The van der Waals surface area contributed by atoms with Crippen LogP contribution in [0, 0.1) is 82.9 Å². The second-order valence-electron chi connectivity index (χ2n) is 44.0. The van der Waals surface area contributed by atoms with Crippen LogP contribution in [-0.2, 0) is 114 Å². The highest BCUT2D eigenvalue weighted by Gasteiger charge is 2.56. The number of allylic oxidation sites excluding steroid dienone is 12. The number of aliphatic hydroxyl groups is 6. The molecule has 0 aromatic rings. The van der Waals surface area contributed by atoms with Crippen molar-refractivity contribution in [3.63, 3.8) is 0 Å². The number of fused-ring (bicyclic) bond motifs is 6. The number of ether oxygens (including phenoxy) is 14. The zero-order valence-corrected chi connectivity index (χ0v) is 90.5. The molecule has 824 valence electrons. The summed E-state index contributed by atoms with van der Waals surface area (Å²) in [5.74, 6) is -15.5. The molecule has 10 rings (SSSR count). The number of methoxy groups -OCH3 is 4. The molecule has 8 fully saturated rings. The van der Waals surface area contributed by atoms with Crippen LogP contribution in [0.3, 0.4) is 0 Å². The molecule has 4 unspecified atom stereocenters. The van der Waals surface area contributed by atoms with Crippen molar-refractivity contribution in [1.82, 2.24) is 9.80 Å². The Labute approximate surface area is 867 Å². The lowest BCUT2D eigenvalue weighted by molar-refractivity contribution is -0.266. The Kier molecular flexibility index (Phi) is 50.8. The van der Waals surface area contributed by atoms with E-state index in [1.165, 1.54) is 24.0 Å². The normalized spacial score (nSPS) is 38.7. The molecule has 0 spiro atoms.